The molecule has 0 atom stereocenters. The van der Waals surface area contributed by atoms with Crippen LogP contribution in [0.5, 0.6) is 0 Å². The standard InChI is InChI=1S/C36H108O18Si18/c1-55(2,3)37-67(38-56(4,5)6)49-68(39-57(7,8)9,40-58(10,11)12)51-70(43-61(19,20)21,44-62(22,23)24)53-72(47-65(31,32)33,48-66(34,35)36)54-71(45-63(25,26)27,46-64(28,29)30)52-69(50-67,41-59(13,14)15)42-60(16,17)18/h1-36H3. The van der Waals surface area contributed by atoms with E-state index in [1.807, 2.05) is 0 Å². The first-order valence-electron chi connectivity index (χ1n) is 25.3. The Balaban J connectivity index is 5.76. The molecule has 0 N–H and O–H groups in total. The lowest BCUT2D eigenvalue weighted by Gasteiger charge is -2.53. The Morgan fingerprint density at radius 2 is 0.194 bits per heavy atom. The average molecular weight is 1330 g/mol. The molecule has 0 aliphatic carbocycles. The molecule has 72 heavy (non-hydrogen) atoms. The molecule has 1 heterocycles. The van der Waals surface area contributed by atoms with Gasteiger partial charge in [-0.1, -0.05) is 0 Å². The van der Waals surface area contributed by atoms with Crippen molar-refractivity contribution in [3.8, 4) is 0 Å². The molecule has 18 nitrogen and oxygen atoms in total. The van der Waals surface area contributed by atoms with E-state index in [0.717, 1.165) is 0 Å². The van der Waals surface area contributed by atoms with Gasteiger partial charge in [0.1, 0.15) is 0 Å². The number of hydrogen-bond donors (Lipinski definition) is 0. The maximum Gasteiger partial charge on any atom is 0.646 e. The van der Waals surface area contributed by atoms with Crippen LogP contribution in [0.4, 0.5) is 0 Å². The minimum atomic E-state index is -4.97. The fraction of sp³-hybridized carbons (Fsp3) is 1.00. The monoisotopic (exact) mass is 1330 g/mol. The summed E-state index contributed by atoms with van der Waals surface area (Å²) in [5.74, 6) is 0. The maximum absolute atomic E-state index is 7.91. The van der Waals surface area contributed by atoms with Crippen LogP contribution in [0.15, 0.2) is 0 Å². The van der Waals surface area contributed by atoms with Crippen LogP contribution in [-0.4, -0.2) is 154 Å². The fourth-order valence-corrected chi connectivity index (χ4v) is 69.0. The molecule has 0 aromatic heterocycles. The maximum atomic E-state index is 7.91. The van der Waals surface area contributed by atoms with Crippen LogP contribution < -0.4 is 0 Å². The quantitative estimate of drug-likeness (QED) is 0.0837. The summed E-state index contributed by atoms with van der Waals surface area (Å²) in [7, 11) is -64.2. The minimum Gasteiger partial charge on any atom is -0.396 e. The average Bonchev–Trinajstić information content (AvgIpc) is 2.82. The summed E-state index contributed by atoms with van der Waals surface area (Å²) < 4.78 is 138. The van der Waals surface area contributed by atoms with Crippen LogP contribution in [-0.2, 0) is 74.1 Å². The topological polar surface area (TPSA) is 166 Å². The molecule has 1 rings (SSSR count). The first-order chi connectivity index (χ1) is 30.7. The van der Waals surface area contributed by atoms with Crippen molar-refractivity contribution in [2.75, 3.05) is 0 Å². The molecule has 0 spiro atoms. The molecule has 0 unspecified atom stereocenters. The van der Waals surface area contributed by atoms with Gasteiger partial charge in [0.2, 0.25) is 0 Å². The van der Waals surface area contributed by atoms with Gasteiger partial charge in [-0.05, 0) is 236 Å². The molecule has 0 radical (unpaired) electrons. The van der Waals surface area contributed by atoms with Crippen LogP contribution in [0.25, 0.3) is 0 Å². The first kappa shape index (κ1) is 73.2. The van der Waals surface area contributed by atoms with Gasteiger partial charge >= 0.3 is 54.3 Å². The van der Waals surface area contributed by atoms with E-state index in [1.54, 1.807) is 0 Å². The van der Waals surface area contributed by atoms with Gasteiger partial charge in [-0.3, -0.25) is 0 Å². The lowest BCUT2D eigenvalue weighted by Crippen LogP contribution is -2.81. The molecule has 36 heteroatoms. The third kappa shape index (κ3) is 30.8. The summed E-state index contributed by atoms with van der Waals surface area (Å²) in [4.78, 5) is 0. The SMILES string of the molecule is C[Si](C)(C)O[Si]1(O[Si](C)(C)C)O[Si](O[Si](C)(C)C)(O[Si](C)(C)C)O[Si](O[Si](C)(C)C)(O[Si](C)(C)C)O[Si](O[Si](C)(C)C)(O[Si](C)(C)C)O[Si](O[Si](C)(C)C)(O[Si](C)(C)C)O[Si](O[Si](C)(C)C)(O[Si](C)(C)C)O1. The normalized spacial score (nSPS) is 21.5. The van der Waals surface area contributed by atoms with E-state index in [-0.39, 0.29) is 0 Å². The second-order valence-electron chi connectivity index (χ2n) is 30.2. The van der Waals surface area contributed by atoms with Crippen LogP contribution in [0.3, 0.4) is 0 Å². The second kappa shape index (κ2) is 23.8. The molecule has 0 bridgehead atoms. The Morgan fingerprint density at radius 3 is 0.236 bits per heavy atom. The number of rotatable bonds is 24. The summed E-state index contributed by atoms with van der Waals surface area (Å²) >= 11 is 0. The summed E-state index contributed by atoms with van der Waals surface area (Å²) in [6.45, 7) is 74.0. The predicted molar refractivity (Wildman–Crippen MR) is 334 cm³/mol. The third-order valence-corrected chi connectivity index (χ3v) is 60.1. The highest BCUT2D eigenvalue weighted by Crippen LogP contribution is 2.44. The molecule has 1 aliphatic heterocycles. The van der Waals surface area contributed by atoms with E-state index >= 15 is 0 Å². The minimum absolute atomic E-state index is 2.06. The highest BCUT2D eigenvalue weighted by molar-refractivity contribution is 6.99. The molecule has 1 aliphatic rings. The Labute approximate surface area is 460 Å². The summed E-state index contributed by atoms with van der Waals surface area (Å²) in [5, 5.41) is 0. The fourth-order valence-electron chi connectivity index (χ4n) is 6.17. The van der Waals surface area contributed by atoms with Gasteiger partial charge in [0.15, 0.2) is 99.8 Å². The van der Waals surface area contributed by atoms with Gasteiger partial charge in [0.25, 0.3) is 0 Å². The molecular formula is C36H108O18Si18. The van der Waals surface area contributed by atoms with Crippen LogP contribution >= 0.6 is 0 Å². The van der Waals surface area contributed by atoms with Crippen molar-refractivity contribution in [2.45, 2.75) is 236 Å². The van der Waals surface area contributed by atoms with Gasteiger partial charge in [0.05, 0.1) is 0 Å². The van der Waals surface area contributed by atoms with E-state index < -0.39 is 154 Å². The van der Waals surface area contributed by atoms with E-state index in [9.17, 15) is 0 Å². The highest BCUT2D eigenvalue weighted by Gasteiger charge is 2.79. The Hall–Kier alpha value is 3.18. The van der Waals surface area contributed by atoms with E-state index in [2.05, 4.69) is 236 Å². The second-order valence-corrected chi connectivity index (χ2v) is 102. The van der Waals surface area contributed by atoms with Crippen molar-refractivity contribution < 1.29 is 74.1 Å². The van der Waals surface area contributed by atoms with Crippen molar-refractivity contribution in [3.63, 3.8) is 0 Å². The Morgan fingerprint density at radius 1 is 0.139 bits per heavy atom. The van der Waals surface area contributed by atoms with Crippen molar-refractivity contribution >= 4 is 154 Å². The van der Waals surface area contributed by atoms with Crippen molar-refractivity contribution in [3.05, 3.63) is 0 Å². The van der Waals surface area contributed by atoms with Crippen LogP contribution in [0.1, 0.15) is 0 Å². The molecule has 1 saturated heterocycles. The molecule has 0 amide bonds. The zero-order valence-electron chi connectivity index (χ0n) is 52.3. The van der Waals surface area contributed by atoms with Crippen LogP contribution in [0, 0.1) is 0 Å². The molecular weight excluding hydrogens is 1230 g/mol. The van der Waals surface area contributed by atoms with Gasteiger partial charge in [0, 0.05) is 0 Å². The van der Waals surface area contributed by atoms with Crippen molar-refractivity contribution in [1.82, 2.24) is 0 Å². The van der Waals surface area contributed by atoms with E-state index in [4.69, 9.17) is 74.1 Å². The van der Waals surface area contributed by atoms with Gasteiger partial charge in [-0.2, -0.15) is 0 Å². The van der Waals surface area contributed by atoms with E-state index in [1.165, 1.54) is 0 Å². The summed E-state index contributed by atoms with van der Waals surface area (Å²) in [5.41, 5.74) is 0. The van der Waals surface area contributed by atoms with E-state index in [0.29, 0.717) is 0 Å². The van der Waals surface area contributed by atoms with Crippen LogP contribution in [0.2, 0.25) is 236 Å². The first-order valence-corrected chi connectivity index (χ1v) is 76.0. The molecule has 432 valence electrons. The Kier molecular flexibility index (Phi) is 24.2. The molecule has 0 aromatic carbocycles. The largest absolute Gasteiger partial charge is 0.646 e. The summed E-state index contributed by atoms with van der Waals surface area (Å²) in [6, 6.07) is 0. The zero-order valence-corrected chi connectivity index (χ0v) is 70.3. The lowest BCUT2D eigenvalue weighted by atomic mass is 11.8. The van der Waals surface area contributed by atoms with Gasteiger partial charge < -0.3 is 74.1 Å². The van der Waals surface area contributed by atoms with Gasteiger partial charge in [-0.15, -0.1) is 0 Å². The Bertz CT molecular complexity index is 1290. The van der Waals surface area contributed by atoms with Crippen molar-refractivity contribution in [1.29, 1.82) is 0 Å². The molecule has 0 saturated carbocycles. The molecule has 0 aromatic rings. The predicted octanol–water partition coefficient (Wildman–Crippen LogP) is 12.9. The lowest BCUT2D eigenvalue weighted by molar-refractivity contribution is -0.0243. The van der Waals surface area contributed by atoms with Gasteiger partial charge in [-0.25, -0.2) is 0 Å². The summed E-state index contributed by atoms with van der Waals surface area (Å²) in [6.07, 6.45) is 0. The molecule has 1 fully saturated rings. The smallest absolute Gasteiger partial charge is 0.396 e. The highest BCUT2D eigenvalue weighted by atomic mass is 28.6. The van der Waals surface area contributed by atoms with Crippen molar-refractivity contribution in [2.24, 2.45) is 0 Å². The third-order valence-electron chi connectivity index (χ3n) is 6.67. The zero-order chi connectivity index (χ0) is 57.7. The number of hydrogen-bond acceptors (Lipinski definition) is 18.